The van der Waals surface area contributed by atoms with Crippen molar-refractivity contribution in [3.63, 3.8) is 0 Å². The molecular formula is C23H21BClF2N3O4. The molecule has 0 bridgehead atoms. The smallest absolute Gasteiger partial charge is 0.346 e. The van der Waals surface area contributed by atoms with E-state index in [-0.39, 0.29) is 36.3 Å². The van der Waals surface area contributed by atoms with Crippen LogP contribution in [-0.2, 0) is 33.4 Å². The Morgan fingerprint density at radius 3 is 2.59 bits per heavy atom. The summed E-state index contributed by atoms with van der Waals surface area (Å²) in [7, 11) is 1.63. The fourth-order valence-corrected chi connectivity index (χ4v) is 4.38. The van der Waals surface area contributed by atoms with Gasteiger partial charge < -0.3 is 10.2 Å². The Morgan fingerprint density at radius 2 is 1.88 bits per heavy atom. The van der Waals surface area contributed by atoms with E-state index in [1.54, 1.807) is 26.0 Å². The third-order valence-electron chi connectivity index (χ3n) is 6.32. The van der Waals surface area contributed by atoms with Gasteiger partial charge in [-0.1, -0.05) is 35.9 Å². The molecule has 34 heavy (non-hydrogen) atoms. The van der Waals surface area contributed by atoms with Gasteiger partial charge in [0.1, 0.15) is 7.85 Å². The molecule has 11 heteroatoms. The molecule has 2 heterocycles. The minimum Gasteiger partial charge on any atom is -0.346 e. The first kappa shape index (κ1) is 23.9. The number of halogens is 3. The molecule has 1 fully saturated rings. The average molecular weight is 488 g/mol. The van der Waals surface area contributed by atoms with Gasteiger partial charge in [-0.15, -0.1) is 0 Å². The second-order valence-electron chi connectivity index (χ2n) is 8.65. The van der Waals surface area contributed by atoms with E-state index in [1.807, 2.05) is 0 Å². The third kappa shape index (κ3) is 4.30. The molecule has 1 saturated heterocycles. The van der Waals surface area contributed by atoms with Gasteiger partial charge in [-0.25, -0.2) is 0 Å². The van der Waals surface area contributed by atoms with Gasteiger partial charge in [0, 0.05) is 35.7 Å². The number of benzene rings is 2. The lowest BCUT2D eigenvalue weighted by Gasteiger charge is -2.36. The highest BCUT2D eigenvalue weighted by Gasteiger charge is 2.47. The molecule has 1 atom stereocenters. The summed E-state index contributed by atoms with van der Waals surface area (Å²) in [5.41, 5.74) is -0.119. The maximum atomic E-state index is 14.5. The van der Waals surface area contributed by atoms with Crippen LogP contribution in [0.4, 0.5) is 8.78 Å². The largest absolute Gasteiger partial charge is 0.349 e. The van der Waals surface area contributed by atoms with E-state index < -0.39 is 28.7 Å². The topological polar surface area (TPSA) is 95.6 Å². The van der Waals surface area contributed by atoms with Crippen molar-refractivity contribution in [2.24, 2.45) is 0 Å². The van der Waals surface area contributed by atoms with Crippen LogP contribution in [0.2, 0.25) is 5.02 Å². The van der Waals surface area contributed by atoms with E-state index in [9.17, 15) is 28.0 Å². The Balaban J connectivity index is 1.47. The van der Waals surface area contributed by atoms with Gasteiger partial charge in [0.25, 0.3) is 11.8 Å². The van der Waals surface area contributed by atoms with Crippen molar-refractivity contribution in [2.75, 3.05) is 0 Å². The van der Waals surface area contributed by atoms with E-state index in [2.05, 4.69) is 10.6 Å². The number of nitrogens with zero attached hydrogens (tertiary/aromatic N) is 1. The molecule has 7 nitrogen and oxygen atoms in total. The lowest BCUT2D eigenvalue weighted by molar-refractivity contribution is -0.147. The number of hydrogen-bond acceptors (Lipinski definition) is 4. The summed E-state index contributed by atoms with van der Waals surface area (Å²) in [4.78, 5) is 51.0. The molecule has 4 amide bonds. The molecule has 4 rings (SSSR count). The van der Waals surface area contributed by atoms with Crippen LogP contribution in [0, 0.1) is 0 Å². The van der Waals surface area contributed by atoms with Crippen LogP contribution in [0.25, 0.3) is 0 Å². The first-order valence-electron chi connectivity index (χ1n) is 10.7. The molecule has 176 valence electrons. The van der Waals surface area contributed by atoms with Crippen LogP contribution in [0.1, 0.15) is 46.3 Å². The Bertz CT molecular complexity index is 1190. The van der Waals surface area contributed by atoms with Crippen LogP contribution in [0.5, 0.6) is 0 Å². The van der Waals surface area contributed by atoms with Crippen molar-refractivity contribution in [3.8, 4) is 0 Å². The summed E-state index contributed by atoms with van der Waals surface area (Å²) in [6.07, 6.45) is 1.01. The summed E-state index contributed by atoms with van der Waals surface area (Å²) in [6, 6.07) is 9.53. The predicted octanol–water partition coefficient (Wildman–Crippen LogP) is 1.86. The standard InChI is InChI=1S/C23H21BClF2N3O4/c24-22(9-1-2-18(31)29-20(22)33)30-12-14-10-13(3-8-17(14)19(30)32)11-28-21(34)23(26,27)15-4-6-16(25)7-5-15/h3-8,10H,1-2,9,11-12,24H2,(H,28,34)(H,29,31,33). The van der Waals surface area contributed by atoms with Crippen molar-refractivity contribution >= 4 is 43.1 Å². The fourth-order valence-electron chi connectivity index (χ4n) is 4.25. The second kappa shape index (κ2) is 8.83. The van der Waals surface area contributed by atoms with Crippen LogP contribution in [0.15, 0.2) is 42.5 Å². The zero-order valence-corrected chi connectivity index (χ0v) is 19.0. The number of carbonyl (C=O) groups excluding carboxylic acids is 4. The van der Waals surface area contributed by atoms with Gasteiger partial charge in [-0.05, 0) is 42.2 Å². The summed E-state index contributed by atoms with van der Waals surface area (Å²) < 4.78 is 29.0. The number of rotatable bonds is 5. The normalized spacial score (nSPS) is 20.6. The first-order chi connectivity index (χ1) is 16.0. The molecule has 2 aromatic carbocycles. The molecule has 0 aromatic heterocycles. The molecule has 1 unspecified atom stereocenters. The highest BCUT2D eigenvalue weighted by Crippen LogP contribution is 2.33. The van der Waals surface area contributed by atoms with E-state index in [0.717, 1.165) is 12.1 Å². The quantitative estimate of drug-likeness (QED) is 0.497. The molecule has 0 spiro atoms. The van der Waals surface area contributed by atoms with E-state index in [1.165, 1.54) is 17.0 Å². The molecular weight excluding hydrogens is 467 g/mol. The maximum Gasteiger partial charge on any atom is 0.349 e. The molecule has 0 aliphatic carbocycles. The van der Waals surface area contributed by atoms with E-state index in [0.29, 0.717) is 29.5 Å². The van der Waals surface area contributed by atoms with Crippen LogP contribution in [0.3, 0.4) is 0 Å². The lowest BCUT2D eigenvalue weighted by Crippen LogP contribution is -2.59. The Morgan fingerprint density at radius 1 is 1.18 bits per heavy atom. The van der Waals surface area contributed by atoms with Gasteiger partial charge in [0.2, 0.25) is 11.8 Å². The van der Waals surface area contributed by atoms with Crippen molar-refractivity contribution in [1.29, 1.82) is 0 Å². The lowest BCUT2D eigenvalue weighted by atomic mass is 9.72. The maximum absolute atomic E-state index is 14.5. The molecule has 0 radical (unpaired) electrons. The fraction of sp³-hybridized carbons (Fsp3) is 0.304. The van der Waals surface area contributed by atoms with Gasteiger partial charge >= 0.3 is 5.92 Å². The van der Waals surface area contributed by atoms with Crippen molar-refractivity contribution in [2.45, 2.75) is 43.7 Å². The molecule has 2 aliphatic rings. The summed E-state index contributed by atoms with van der Waals surface area (Å²) in [5, 5.41) is 4.85. The monoisotopic (exact) mass is 487 g/mol. The summed E-state index contributed by atoms with van der Waals surface area (Å²) in [5.74, 6) is -6.43. The number of nitrogens with one attached hydrogen (secondary N) is 2. The zero-order valence-electron chi connectivity index (χ0n) is 18.3. The SMILES string of the molecule is BC1(N2Cc3cc(CNC(=O)C(F)(F)c4ccc(Cl)cc4)ccc3C2=O)CCCC(=O)NC1=O. The molecule has 0 saturated carbocycles. The number of hydrogen-bond donors (Lipinski definition) is 2. The van der Waals surface area contributed by atoms with E-state index in [4.69, 9.17) is 11.6 Å². The number of alkyl halides is 2. The highest BCUT2D eigenvalue weighted by atomic mass is 35.5. The van der Waals surface area contributed by atoms with Gasteiger partial charge in [0.15, 0.2) is 0 Å². The van der Waals surface area contributed by atoms with Crippen LogP contribution >= 0.6 is 11.6 Å². The number of carbonyl (C=O) groups is 4. The summed E-state index contributed by atoms with van der Waals surface area (Å²) in [6.45, 7) is -0.0370. The third-order valence-corrected chi connectivity index (χ3v) is 6.58. The summed E-state index contributed by atoms with van der Waals surface area (Å²) >= 11 is 5.72. The Labute approximate surface area is 200 Å². The van der Waals surface area contributed by atoms with Crippen molar-refractivity contribution in [1.82, 2.24) is 15.5 Å². The van der Waals surface area contributed by atoms with Crippen molar-refractivity contribution < 1.29 is 28.0 Å². The zero-order chi connectivity index (χ0) is 24.7. The Hall–Kier alpha value is -3.27. The van der Waals surface area contributed by atoms with Crippen molar-refractivity contribution in [3.05, 3.63) is 69.7 Å². The second-order valence-corrected chi connectivity index (χ2v) is 9.09. The predicted molar refractivity (Wildman–Crippen MR) is 122 cm³/mol. The number of amides is 4. The first-order valence-corrected chi connectivity index (χ1v) is 11.1. The Kier molecular flexibility index (Phi) is 6.20. The minimum absolute atomic E-state index is 0.134. The van der Waals surface area contributed by atoms with E-state index >= 15 is 0 Å². The van der Waals surface area contributed by atoms with Crippen LogP contribution in [-0.4, -0.2) is 41.8 Å². The van der Waals surface area contributed by atoms with Crippen LogP contribution < -0.4 is 10.6 Å². The van der Waals surface area contributed by atoms with Gasteiger partial charge in [-0.2, -0.15) is 8.78 Å². The molecule has 2 aliphatic heterocycles. The van der Waals surface area contributed by atoms with Gasteiger partial charge in [-0.3, -0.25) is 24.5 Å². The number of imide groups is 1. The average Bonchev–Trinajstić information content (AvgIpc) is 3.06. The van der Waals surface area contributed by atoms with Gasteiger partial charge in [0.05, 0.1) is 5.44 Å². The molecule has 2 aromatic rings. The molecule has 2 N–H and O–H groups in total. The number of fused-ring (bicyclic) bond motifs is 1. The minimum atomic E-state index is -3.74. The highest BCUT2D eigenvalue weighted by molar-refractivity contribution is 6.32.